The molecule has 1 aliphatic rings. The van der Waals surface area contributed by atoms with Gasteiger partial charge in [0, 0.05) is 6.54 Å². The van der Waals surface area contributed by atoms with Crippen LogP contribution < -0.4 is 4.72 Å². The van der Waals surface area contributed by atoms with Crippen LogP contribution in [0.5, 0.6) is 0 Å². The molecule has 1 heterocycles. The van der Waals surface area contributed by atoms with E-state index in [1.54, 1.807) is 0 Å². The van der Waals surface area contributed by atoms with Crippen molar-refractivity contribution < 1.29 is 21.6 Å². The Morgan fingerprint density at radius 3 is 2.52 bits per heavy atom. The first-order valence-electron chi connectivity index (χ1n) is 8.55. The lowest BCUT2D eigenvalue weighted by atomic mass is 9.97. The van der Waals surface area contributed by atoms with E-state index in [-0.39, 0.29) is 11.5 Å². The van der Waals surface area contributed by atoms with Crippen LogP contribution in [-0.4, -0.2) is 39.5 Å². The van der Waals surface area contributed by atoms with Crippen molar-refractivity contribution in [2.24, 2.45) is 5.92 Å². The average molecular weight is 378 g/mol. The third-order valence-corrected chi connectivity index (χ3v) is 5.77. The summed E-state index contributed by atoms with van der Waals surface area (Å²) < 4.78 is 65.0. The maximum atomic E-state index is 12.7. The smallest absolute Gasteiger partial charge is 0.303 e. The summed E-state index contributed by atoms with van der Waals surface area (Å²) in [7, 11) is -3.65. The highest BCUT2D eigenvalue weighted by Crippen LogP contribution is 2.29. The van der Waals surface area contributed by atoms with Gasteiger partial charge in [0.1, 0.15) is 0 Å². The Hall–Kier alpha value is -1.12. The number of piperidine rings is 1. The number of sulfonamides is 1. The molecule has 4 nitrogen and oxygen atoms in total. The van der Waals surface area contributed by atoms with Crippen LogP contribution in [0, 0.1) is 5.92 Å². The lowest BCUT2D eigenvalue weighted by molar-refractivity contribution is -0.137. The molecule has 1 fully saturated rings. The Kier molecular flexibility index (Phi) is 6.87. The Labute approximate surface area is 147 Å². The van der Waals surface area contributed by atoms with Crippen molar-refractivity contribution in [3.8, 4) is 0 Å². The molecule has 0 amide bonds. The van der Waals surface area contributed by atoms with Crippen LogP contribution in [0.25, 0.3) is 0 Å². The zero-order valence-electron chi connectivity index (χ0n) is 14.3. The van der Waals surface area contributed by atoms with E-state index in [9.17, 15) is 21.6 Å². The first-order chi connectivity index (χ1) is 11.7. The second kappa shape index (κ2) is 8.51. The third kappa shape index (κ3) is 6.60. The standard InChI is InChI=1S/C17H25F3N2O2S/c1-2-8-22-9-6-14(7-10-22)12-21-25(23,24)13-15-4-3-5-16(11-15)17(18,19)20/h3-5,11,14,21H,2,6-10,12-13H2,1H3. The van der Waals surface area contributed by atoms with Crippen molar-refractivity contribution in [1.82, 2.24) is 9.62 Å². The van der Waals surface area contributed by atoms with Crippen LogP contribution in [0.1, 0.15) is 37.3 Å². The quantitative estimate of drug-likeness (QED) is 0.792. The summed E-state index contributed by atoms with van der Waals surface area (Å²) in [5, 5.41) is 0. The lowest BCUT2D eigenvalue weighted by Crippen LogP contribution is -2.39. The van der Waals surface area contributed by atoms with Gasteiger partial charge >= 0.3 is 6.18 Å². The monoisotopic (exact) mass is 378 g/mol. The predicted molar refractivity (Wildman–Crippen MR) is 91.5 cm³/mol. The molecule has 0 aromatic heterocycles. The summed E-state index contributed by atoms with van der Waals surface area (Å²) in [6.45, 7) is 5.48. The first-order valence-corrected chi connectivity index (χ1v) is 10.2. The van der Waals surface area contributed by atoms with Gasteiger partial charge in [0.2, 0.25) is 10.0 Å². The molecule has 142 valence electrons. The van der Waals surface area contributed by atoms with Crippen molar-refractivity contribution in [2.75, 3.05) is 26.2 Å². The molecule has 1 N–H and O–H groups in total. The highest BCUT2D eigenvalue weighted by molar-refractivity contribution is 7.88. The van der Waals surface area contributed by atoms with Crippen molar-refractivity contribution in [1.29, 1.82) is 0 Å². The summed E-state index contributed by atoms with van der Waals surface area (Å²) in [5.41, 5.74) is -0.691. The number of nitrogens with one attached hydrogen (secondary N) is 1. The predicted octanol–water partition coefficient (Wildman–Crippen LogP) is 3.25. The van der Waals surface area contributed by atoms with E-state index in [1.807, 2.05) is 0 Å². The van der Waals surface area contributed by atoms with Crippen LogP contribution in [0.4, 0.5) is 13.2 Å². The van der Waals surface area contributed by atoms with Gasteiger partial charge in [0.25, 0.3) is 0 Å². The first kappa shape index (κ1) is 20.2. The van der Waals surface area contributed by atoms with E-state index < -0.39 is 27.5 Å². The van der Waals surface area contributed by atoms with Crippen molar-refractivity contribution >= 4 is 10.0 Å². The molecule has 0 unspecified atom stereocenters. The fourth-order valence-corrected chi connectivity index (χ4v) is 4.29. The van der Waals surface area contributed by atoms with E-state index in [0.717, 1.165) is 51.0 Å². The fraction of sp³-hybridized carbons (Fsp3) is 0.647. The number of rotatable bonds is 7. The molecule has 1 aromatic carbocycles. The molecule has 0 saturated carbocycles. The highest BCUT2D eigenvalue weighted by atomic mass is 32.2. The third-order valence-electron chi connectivity index (χ3n) is 4.45. The Balaban J connectivity index is 1.86. The molecule has 0 spiro atoms. The SMILES string of the molecule is CCCN1CCC(CNS(=O)(=O)Cc2cccc(C(F)(F)F)c2)CC1. The molecule has 0 atom stereocenters. The summed E-state index contributed by atoms with van der Waals surface area (Å²) >= 11 is 0. The number of hydrogen-bond acceptors (Lipinski definition) is 3. The van der Waals surface area contributed by atoms with Crippen LogP contribution in [0.2, 0.25) is 0 Å². The fourth-order valence-electron chi connectivity index (χ4n) is 3.08. The molecule has 1 aromatic rings. The second-order valence-corrected chi connectivity index (χ2v) is 8.40. The summed E-state index contributed by atoms with van der Waals surface area (Å²) in [6.07, 6.45) is -1.49. The van der Waals surface area contributed by atoms with Crippen molar-refractivity contribution in [2.45, 2.75) is 38.1 Å². The summed E-state index contributed by atoms with van der Waals surface area (Å²) in [5.74, 6) is -0.157. The van der Waals surface area contributed by atoms with Crippen LogP contribution in [0.3, 0.4) is 0 Å². The zero-order chi connectivity index (χ0) is 18.5. The zero-order valence-corrected chi connectivity index (χ0v) is 15.2. The molecular weight excluding hydrogens is 353 g/mol. The molecule has 0 bridgehead atoms. The van der Waals surface area contributed by atoms with Crippen LogP contribution >= 0.6 is 0 Å². The van der Waals surface area contributed by atoms with Gasteiger partial charge in [-0.05, 0) is 56.4 Å². The van der Waals surface area contributed by atoms with E-state index in [1.165, 1.54) is 12.1 Å². The number of likely N-dealkylation sites (tertiary alicyclic amines) is 1. The van der Waals surface area contributed by atoms with Crippen molar-refractivity contribution in [3.05, 3.63) is 35.4 Å². The van der Waals surface area contributed by atoms with Gasteiger partial charge in [-0.1, -0.05) is 25.1 Å². The number of benzene rings is 1. The highest BCUT2D eigenvalue weighted by Gasteiger charge is 2.30. The lowest BCUT2D eigenvalue weighted by Gasteiger charge is -2.31. The number of hydrogen-bond donors (Lipinski definition) is 1. The maximum absolute atomic E-state index is 12.7. The van der Waals surface area contributed by atoms with Gasteiger partial charge in [0.15, 0.2) is 0 Å². The molecule has 1 aliphatic heterocycles. The molecular formula is C17H25F3N2O2S. The second-order valence-electron chi connectivity index (χ2n) is 6.59. The Bertz CT molecular complexity index is 654. The minimum Gasteiger partial charge on any atom is -0.303 e. The van der Waals surface area contributed by atoms with E-state index >= 15 is 0 Å². The normalized spacial score (nSPS) is 17.8. The molecule has 0 radical (unpaired) electrons. The van der Waals surface area contributed by atoms with Crippen LogP contribution in [-0.2, 0) is 22.0 Å². The minimum absolute atomic E-state index is 0.139. The van der Waals surface area contributed by atoms with Gasteiger partial charge in [-0.3, -0.25) is 0 Å². The number of alkyl halides is 3. The van der Waals surface area contributed by atoms with E-state index in [2.05, 4.69) is 16.5 Å². The van der Waals surface area contributed by atoms with Gasteiger partial charge in [0.05, 0.1) is 11.3 Å². The van der Waals surface area contributed by atoms with Gasteiger partial charge in [-0.25, -0.2) is 13.1 Å². The van der Waals surface area contributed by atoms with Crippen molar-refractivity contribution in [3.63, 3.8) is 0 Å². The summed E-state index contributed by atoms with van der Waals surface area (Å²) in [4.78, 5) is 2.37. The summed E-state index contributed by atoms with van der Waals surface area (Å²) in [6, 6.07) is 4.46. The Morgan fingerprint density at radius 2 is 1.92 bits per heavy atom. The van der Waals surface area contributed by atoms with Gasteiger partial charge in [-0.15, -0.1) is 0 Å². The Morgan fingerprint density at radius 1 is 1.24 bits per heavy atom. The van der Waals surface area contributed by atoms with Gasteiger partial charge < -0.3 is 4.90 Å². The van der Waals surface area contributed by atoms with E-state index in [0.29, 0.717) is 6.54 Å². The average Bonchev–Trinajstić information content (AvgIpc) is 2.54. The minimum atomic E-state index is -4.47. The van der Waals surface area contributed by atoms with Gasteiger partial charge in [-0.2, -0.15) is 13.2 Å². The molecule has 8 heteroatoms. The molecule has 25 heavy (non-hydrogen) atoms. The van der Waals surface area contributed by atoms with Crippen LogP contribution in [0.15, 0.2) is 24.3 Å². The number of nitrogens with zero attached hydrogens (tertiary/aromatic N) is 1. The maximum Gasteiger partial charge on any atom is 0.416 e. The van der Waals surface area contributed by atoms with E-state index in [4.69, 9.17) is 0 Å². The number of halogens is 3. The molecule has 1 saturated heterocycles. The largest absolute Gasteiger partial charge is 0.416 e. The molecule has 0 aliphatic carbocycles. The molecule has 2 rings (SSSR count). The topological polar surface area (TPSA) is 49.4 Å².